The van der Waals surface area contributed by atoms with Gasteiger partial charge in [-0.05, 0) is 84.4 Å². The van der Waals surface area contributed by atoms with Gasteiger partial charge in [-0.1, -0.05) is 48.0 Å². The van der Waals surface area contributed by atoms with Gasteiger partial charge in [0.1, 0.15) is 0 Å². The van der Waals surface area contributed by atoms with Gasteiger partial charge in [0.05, 0.1) is 37.1 Å². The van der Waals surface area contributed by atoms with Crippen molar-refractivity contribution < 1.29 is 25.2 Å². The number of ether oxygens (including phenoxy) is 1. The molecule has 0 radical (unpaired) electrons. The Bertz CT molecular complexity index is 683. The molecule has 3 saturated carbocycles. The molecule has 0 aromatic heterocycles. The van der Waals surface area contributed by atoms with Crippen molar-refractivity contribution in [2.24, 2.45) is 52.3 Å². The fraction of sp³-hybridized carbons (Fsp3) is 1.00. The molecular formula is C28H50O5. The third-order valence-corrected chi connectivity index (χ3v) is 11.4. The van der Waals surface area contributed by atoms with Crippen LogP contribution in [0.4, 0.5) is 0 Å². The van der Waals surface area contributed by atoms with Gasteiger partial charge in [-0.25, -0.2) is 0 Å². The molecule has 0 spiro atoms. The highest BCUT2D eigenvalue weighted by molar-refractivity contribution is 5.11. The molecule has 33 heavy (non-hydrogen) atoms. The zero-order valence-corrected chi connectivity index (χ0v) is 21.8. The third-order valence-electron chi connectivity index (χ3n) is 11.4. The number of fused-ring (bicyclic) bond motifs is 5. The fourth-order valence-electron chi connectivity index (χ4n) is 9.39. The molecule has 1 heterocycles. The van der Waals surface area contributed by atoms with Gasteiger partial charge in [0.2, 0.25) is 0 Å². The Kier molecular flexibility index (Phi) is 7.33. The van der Waals surface area contributed by atoms with Crippen LogP contribution in [0.2, 0.25) is 0 Å². The van der Waals surface area contributed by atoms with Crippen LogP contribution in [0, 0.1) is 52.3 Å². The minimum absolute atomic E-state index is 0.0385. The number of aliphatic hydroxyl groups excluding tert-OH is 4. The second kappa shape index (κ2) is 9.35. The zero-order valence-electron chi connectivity index (χ0n) is 21.8. The van der Waals surface area contributed by atoms with Crippen LogP contribution >= 0.6 is 0 Å². The summed E-state index contributed by atoms with van der Waals surface area (Å²) in [5.41, 5.74) is 0.0775. The molecule has 4 fully saturated rings. The highest BCUT2D eigenvalue weighted by Gasteiger charge is 2.62. The van der Waals surface area contributed by atoms with E-state index in [-0.39, 0.29) is 28.8 Å². The summed E-state index contributed by atoms with van der Waals surface area (Å²) in [5, 5.41) is 43.0. The van der Waals surface area contributed by atoms with Gasteiger partial charge in [0.25, 0.3) is 0 Å². The predicted molar refractivity (Wildman–Crippen MR) is 129 cm³/mol. The molecule has 192 valence electrons. The Morgan fingerprint density at radius 3 is 2.21 bits per heavy atom. The smallest absolute Gasteiger partial charge is 0.0832 e. The molecule has 5 nitrogen and oxygen atoms in total. The van der Waals surface area contributed by atoms with Crippen LogP contribution in [0.3, 0.4) is 0 Å². The molecule has 13 atom stereocenters. The summed E-state index contributed by atoms with van der Waals surface area (Å²) < 4.78 is 6.42. The summed E-state index contributed by atoms with van der Waals surface area (Å²) in [6.45, 7) is 14.0. The lowest BCUT2D eigenvalue weighted by atomic mass is 9.48. The van der Waals surface area contributed by atoms with Crippen molar-refractivity contribution in [3.63, 3.8) is 0 Å². The summed E-state index contributed by atoms with van der Waals surface area (Å²) in [5.74, 6) is 2.51. The van der Waals surface area contributed by atoms with Crippen LogP contribution in [0.25, 0.3) is 0 Å². The Labute approximate surface area is 201 Å². The minimum Gasteiger partial charge on any atom is -0.390 e. The first-order chi connectivity index (χ1) is 15.5. The first-order valence-electron chi connectivity index (χ1n) is 13.8. The summed E-state index contributed by atoms with van der Waals surface area (Å²) in [4.78, 5) is 0. The maximum absolute atomic E-state index is 11.3. The molecule has 4 N–H and O–H groups in total. The predicted octanol–water partition coefficient (Wildman–Crippen LogP) is 4.01. The van der Waals surface area contributed by atoms with E-state index in [9.17, 15) is 20.4 Å². The highest BCUT2D eigenvalue weighted by atomic mass is 16.5. The first kappa shape index (κ1) is 25.9. The van der Waals surface area contributed by atoms with Crippen LogP contribution in [0.5, 0.6) is 0 Å². The average molecular weight is 467 g/mol. The maximum atomic E-state index is 11.3. The lowest BCUT2D eigenvalue weighted by Crippen LogP contribution is -2.61. The summed E-state index contributed by atoms with van der Waals surface area (Å²) in [6.07, 6.45) is 3.95. The van der Waals surface area contributed by atoms with Gasteiger partial charge >= 0.3 is 0 Å². The van der Waals surface area contributed by atoms with Crippen molar-refractivity contribution >= 4 is 0 Å². The van der Waals surface area contributed by atoms with E-state index >= 15 is 0 Å². The van der Waals surface area contributed by atoms with E-state index in [1.54, 1.807) is 0 Å². The SMILES string of the molecule is CC[C@@H](C(C)C)[C@H](O)[C@@H](O)[C@@H](C)[C@H]1CC[C@H]2[C@@H]3CO[C@H]4C[C@H](O)[C@H](O)C[C@]4(C)[C@H]3CC[C@]12C. The zero-order chi connectivity index (χ0) is 24.3. The molecule has 1 aliphatic heterocycles. The Hall–Kier alpha value is -0.200. The van der Waals surface area contributed by atoms with Crippen molar-refractivity contribution in [2.45, 2.75) is 117 Å². The van der Waals surface area contributed by atoms with Crippen molar-refractivity contribution in [1.29, 1.82) is 0 Å². The van der Waals surface area contributed by atoms with Crippen LogP contribution in [0.15, 0.2) is 0 Å². The van der Waals surface area contributed by atoms with Crippen molar-refractivity contribution in [3.8, 4) is 0 Å². The molecule has 0 amide bonds. The maximum Gasteiger partial charge on any atom is 0.0832 e. The van der Waals surface area contributed by atoms with Gasteiger partial charge in [0.15, 0.2) is 0 Å². The number of hydrogen-bond acceptors (Lipinski definition) is 5. The van der Waals surface area contributed by atoms with Gasteiger partial charge in [-0.3, -0.25) is 0 Å². The second-order valence-electron chi connectivity index (χ2n) is 13.2. The quantitative estimate of drug-likeness (QED) is 0.475. The van der Waals surface area contributed by atoms with E-state index in [1.807, 2.05) is 0 Å². The van der Waals surface area contributed by atoms with E-state index in [2.05, 4.69) is 41.5 Å². The normalized spacial score (nSPS) is 49.0. The van der Waals surface area contributed by atoms with Gasteiger partial charge in [-0.2, -0.15) is 0 Å². The topological polar surface area (TPSA) is 90.2 Å². The molecule has 3 aliphatic carbocycles. The van der Waals surface area contributed by atoms with E-state index in [0.717, 1.165) is 38.7 Å². The Morgan fingerprint density at radius 1 is 0.909 bits per heavy atom. The van der Waals surface area contributed by atoms with E-state index < -0.39 is 24.4 Å². The molecule has 0 unspecified atom stereocenters. The summed E-state index contributed by atoms with van der Waals surface area (Å²) in [7, 11) is 0. The fourth-order valence-corrected chi connectivity index (χ4v) is 9.39. The number of rotatable bonds is 6. The molecule has 4 rings (SSSR count). The van der Waals surface area contributed by atoms with E-state index in [0.29, 0.717) is 42.4 Å². The Balaban J connectivity index is 1.51. The lowest BCUT2D eigenvalue weighted by Gasteiger charge is -2.61. The molecular weight excluding hydrogens is 416 g/mol. The highest BCUT2D eigenvalue weighted by Crippen LogP contribution is 2.66. The van der Waals surface area contributed by atoms with E-state index in [4.69, 9.17) is 4.74 Å². The monoisotopic (exact) mass is 466 g/mol. The number of hydrogen-bond donors (Lipinski definition) is 4. The molecule has 5 heteroatoms. The minimum atomic E-state index is -0.685. The van der Waals surface area contributed by atoms with Crippen molar-refractivity contribution in [2.75, 3.05) is 6.61 Å². The van der Waals surface area contributed by atoms with Crippen LogP contribution in [0.1, 0.15) is 86.5 Å². The Morgan fingerprint density at radius 2 is 1.58 bits per heavy atom. The molecule has 0 aromatic rings. The lowest BCUT2D eigenvalue weighted by molar-refractivity contribution is -0.230. The van der Waals surface area contributed by atoms with Crippen molar-refractivity contribution in [3.05, 3.63) is 0 Å². The van der Waals surface area contributed by atoms with Crippen molar-refractivity contribution in [1.82, 2.24) is 0 Å². The standard InChI is InChI=1S/C28H50O5/c1-7-17(15(2)3)26(32)25(31)16(4)19-8-9-20-18-14-33-24-12-22(29)23(30)13-28(24,6)21(18)10-11-27(19,20)5/h15-26,29-32H,7-14H2,1-6H3/t16-,17-,18-,19+,20-,21-,22-,23+,24-,25-,26-,27+,28+/m0/s1. The van der Waals surface area contributed by atoms with Gasteiger partial charge < -0.3 is 25.2 Å². The molecule has 4 aliphatic rings. The molecule has 0 bridgehead atoms. The van der Waals surface area contributed by atoms with Crippen LogP contribution in [-0.4, -0.2) is 57.6 Å². The van der Waals surface area contributed by atoms with Gasteiger partial charge in [0, 0.05) is 6.42 Å². The molecule has 1 saturated heterocycles. The molecule has 0 aromatic carbocycles. The summed E-state index contributed by atoms with van der Waals surface area (Å²) in [6, 6.07) is 0. The van der Waals surface area contributed by atoms with E-state index in [1.165, 1.54) is 0 Å². The third kappa shape index (κ3) is 4.12. The van der Waals surface area contributed by atoms with Crippen LogP contribution < -0.4 is 0 Å². The first-order valence-corrected chi connectivity index (χ1v) is 13.8. The average Bonchev–Trinajstić information content (AvgIpc) is 3.11. The number of aliphatic hydroxyl groups is 4. The largest absolute Gasteiger partial charge is 0.390 e. The summed E-state index contributed by atoms with van der Waals surface area (Å²) >= 11 is 0. The van der Waals surface area contributed by atoms with Gasteiger partial charge in [-0.15, -0.1) is 0 Å². The van der Waals surface area contributed by atoms with Crippen LogP contribution in [-0.2, 0) is 4.74 Å². The second-order valence-corrected chi connectivity index (χ2v) is 13.2.